The third-order valence-corrected chi connectivity index (χ3v) is 2.67. The summed E-state index contributed by atoms with van der Waals surface area (Å²) in [5.74, 6) is -0.889. The van der Waals surface area contributed by atoms with Gasteiger partial charge < -0.3 is 19.3 Å². The lowest BCUT2D eigenvalue weighted by molar-refractivity contribution is -0.166. The molecule has 1 rings (SSSR count). The maximum atomic E-state index is 11.4. The lowest BCUT2D eigenvalue weighted by atomic mass is 10.2. The van der Waals surface area contributed by atoms with Gasteiger partial charge >= 0.3 is 5.97 Å². The third kappa shape index (κ3) is 5.48. The zero-order chi connectivity index (χ0) is 12.7. The second-order valence-corrected chi connectivity index (χ2v) is 4.52. The number of carbonyl (C=O) groups is 1. The van der Waals surface area contributed by atoms with E-state index in [9.17, 15) is 4.79 Å². The van der Waals surface area contributed by atoms with Gasteiger partial charge in [0.05, 0.1) is 25.7 Å². The molecule has 5 heteroatoms. The fourth-order valence-electron chi connectivity index (χ4n) is 1.72. The predicted molar refractivity (Wildman–Crippen MR) is 61.4 cm³/mol. The fourth-order valence-corrected chi connectivity index (χ4v) is 1.72. The molecule has 1 N–H and O–H groups in total. The summed E-state index contributed by atoms with van der Waals surface area (Å²) in [5.41, 5.74) is 0. The summed E-state index contributed by atoms with van der Waals surface area (Å²) in [6.07, 6.45) is 2.25. The molecule has 2 atom stereocenters. The van der Waals surface area contributed by atoms with Crippen LogP contribution in [0.15, 0.2) is 0 Å². The maximum absolute atomic E-state index is 11.4. The zero-order valence-electron chi connectivity index (χ0n) is 10.6. The van der Waals surface area contributed by atoms with E-state index in [1.165, 1.54) is 0 Å². The molecule has 0 aromatic rings. The van der Waals surface area contributed by atoms with Gasteiger partial charge in [-0.25, -0.2) is 0 Å². The summed E-state index contributed by atoms with van der Waals surface area (Å²) in [6, 6.07) is 0. The van der Waals surface area contributed by atoms with E-state index in [2.05, 4.69) is 0 Å². The topological polar surface area (TPSA) is 65.0 Å². The van der Waals surface area contributed by atoms with Gasteiger partial charge in [-0.1, -0.05) is 0 Å². The van der Waals surface area contributed by atoms with Crippen LogP contribution in [0.4, 0.5) is 0 Å². The molecular weight excluding hydrogens is 224 g/mol. The van der Waals surface area contributed by atoms with Gasteiger partial charge in [0.2, 0.25) is 0 Å². The summed E-state index contributed by atoms with van der Waals surface area (Å²) >= 11 is 0. The number of rotatable bonds is 7. The molecule has 1 heterocycles. The van der Waals surface area contributed by atoms with Gasteiger partial charge in [0.25, 0.3) is 0 Å². The average molecular weight is 246 g/mol. The number of aliphatic hydroxyl groups is 1. The van der Waals surface area contributed by atoms with Crippen molar-refractivity contribution in [3.05, 3.63) is 0 Å². The van der Waals surface area contributed by atoms with E-state index in [1.807, 2.05) is 13.8 Å². The largest absolute Gasteiger partial charge is 0.466 e. The molecule has 0 spiro atoms. The highest BCUT2D eigenvalue weighted by Gasteiger charge is 2.35. The monoisotopic (exact) mass is 246 g/mol. The molecule has 1 fully saturated rings. The van der Waals surface area contributed by atoms with Gasteiger partial charge in [-0.3, -0.25) is 4.79 Å². The Bertz CT molecular complexity index is 243. The van der Waals surface area contributed by atoms with Crippen LogP contribution in [0, 0.1) is 0 Å². The minimum atomic E-state index is -0.649. The average Bonchev–Trinajstić information content (AvgIpc) is 2.63. The van der Waals surface area contributed by atoms with Crippen LogP contribution in [0.2, 0.25) is 0 Å². The minimum absolute atomic E-state index is 0.0839. The van der Waals surface area contributed by atoms with E-state index < -0.39 is 5.79 Å². The van der Waals surface area contributed by atoms with Crippen molar-refractivity contribution >= 4 is 5.97 Å². The van der Waals surface area contributed by atoms with Crippen molar-refractivity contribution in [1.29, 1.82) is 0 Å². The number of unbranched alkanes of at least 4 members (excludes halogenated alkanes) is 1. The molecule has 0 aromatic carbocycles. The lowest BCUT2D eigenvalue weighted by Gasteiger charge is -2.22. The van der Waals surface area contributed by atoms with Gasteiger partial charge in [-0.05, 0) is 26.7 Å². The van der Waals surface area contributed by atoms with Gasteiger partial charge in [-0.15, -0.1) is 0 Å². The quantitative estimate of drug-likeness (QED) is 0.540. The predicted octanol–water partition coefficient (Wildman–Crippen LogP) is 1.23. The molecule has 0 amide bonds. The number of hydrogen-bond donors (Lipinski definition) is 1. The molecule has 0 radical (unpaired) electrons. The van der Waals surface area contributed by atoms with E-state index in [0.717, 1.165) is 0 Å². The van der Waals surface area contributed by atoms with Crippen LogP contribution in [0.3, 0.4) is 0 Å². The molecule has 0 bridgehead atoms. The Kier molecular flexibility index (Phi) is 5.88. The van der Waals surface area contributed by atoms with Crippen LogP contribution < -0.4 is 0 Å². The molecule has 1 saturated heterocycles. The number of esters is 1. The summed E-state index contributed by atoms with van der Waals surface area (Å²) in [7, 11) is 0. The van der Waals surface area contributed by atoms with Crippen LogP contribution in [0.25, 0.3) is 0 Å². The van der Waals surface area contributed by atoms with Crippen LogP contribution in [-0.2, 0) is 19.0 Å². The van der Waals surface area contributed by atoms with E-state index in [4.69, 9.17) is 19.3 Å². The molecule has 1 aliphatic rings. The second kappa shape index (κ2) is 6.93. The first kappa shape index (κ1) is 14.4. The normalized spacial score (nSPS) is 28.3. The lowest BCUT2D eigenvalue weighted by Crippen LogP contribution is -2.27. The van der Waals surface area contributed by atoms with Crippen molar-refractivity contribution in [2.45, 2.75) is 51.4 Å². The molecule has 100 valence electrons. The van der Waals surface area contributed by atoms with Gasteiger partial charge in [0.15, 0.2) is 5.79 Å². The summed E-state index contributed by atoms with van der Waals surface area (Å²) < 4.78 is 16.1. The van der Waals surface area contributed by atoms with Crippen molar-refractivity contribution in [2.75, 3.05) is 19.8 Å². The van der Waals surface area contributed by atoms with Crippen LogP contribution >= 0.6 is 0 Å². The Labute approximate surface area is 102 Å². The first-order chi connectivity index (χ1) is 8.06. The smallest absolute Gasteiger partial charge is 0.305 e. The van der Waals surface area contributed by atoms with E-state index in [0.29, 0.717) is 38.9 Å². The summed E-state index contributed by atoms with van der Waals surface area (Å²) in [4.78, 5) is 11.4. The minimum Gasteiger partial charge on any atom is -0.466 e. The summed E-state index contributed by atoms with van der Waals surface area (Å²) in [5, 5.41) is 8.56. The standard InChI is InChI=1S/C12H22O5/c1-10-9-16-12(2,17-10)6-5-11(14)15-8-4-3-7-13/h10,13H,3-9H2,1-2H3. The second-order valence-electron chi connectivity index (χ2n) is 4.52. The van der Waals surface area contributed by atoms with Crippen molar-refractivity contribution in [3.8, 4) is 0 Å². The van der Waals surface area contributed by atoms with Gasteiger partial charge in [0.1, 0.15) is 0 Å². The fraction of sp³-hybridized carbons (Fsp3) is 0.917. The van der Waals surface area contributed by atoms with Crippen molar-refractivity contribution in [2.24, 2.45) is 0 Å². The molecule has 0 aromatic heterocycles. The molecule has 2 unspecified atom stereocenters. The Balaban J connectivity index is 2.11. The number of carbonyl (C=O) groups excluding carboxylic acids is 1. The maximum Gasteiger partial charge on any atom is 0.305 e. The Hall–Kier alpha value is -0.650. The highest BCUT2D eigenvalue weighted by Crippen LogP contribution is 2.27. The summed E-state index contributed by atoms with van der Waals surface area (Å²) in [6.45, 7) is 4.86. The van der Waals surface area contributed by atoms with Gasteiger partial charge in [-0.2, -0.15) is 0 Å². The van der Waals surface area contributed by atoms with E-state index >= 15 is 0 Å². The van der Waals surface area contributed by atoms with Crippen molar-refractivity contribution in [1.82, 2.24) is 0 Å². The van der Waals surface area contributed by atoms with Crippen LogP contribution in [0.1, 0.15) is 39.5 Å². The Morgan fingerprint density at radius 3 is 2.88 bits per heavy atom. The zero-order valence-corrected chi connectivity index (χ0v) is 10.6. The first-order valence-electron chi connectivity index (χ1n) is 6.14. The molecule has 1 aliphatic heterocycles. The third-order valence-electron chi connectivity index (χ3n) is 2.67. The highest BCUT2D eigenvalue weighted by molar-refractivity contribution is 5.69. The first-order valence-corrected chi connectivity index (χ1v) is 6.14. The number of hydrogen-bond acceptors (Lipinski definition) is 5. The number of ether oxygens (including phenoxy) is 3. The van der Waals surface area contributed by atoms with Crippen molar-refractivity contribution in [3.63, 3.8) is 0 Å². The highest BCUT2D eigenvalue weighted by atomic mass is 16.7. The Morgan fingerprint density at radius 2 is 2.29 bits per heavy atom. The Morgan fingerprint density at radius 1 is 1.53 bits per heavy atom. The van der Waals surface area contributed by atoms with Crippen molar-refractivity contribution < 1.29 is 24.1 Å². The molecular formula is C12H22O5. The van der Waals surface area contributed by atoms with Crippen LogP contribution in [-0.4, -0.2) is 42.8 Å². The molecule has 0 aliphatic carbocycles. The SMILES string of the molecule is CC1COC(C)(CCC(=O)OCCCCO)O1. The van der Waals surface area contributed by atoms with E-state index in [-0.39, 0.29) is 18.7 Å². The molecule has 0 saturated carbocycles. The van der Waals surface area contributed by atoms with E-state index in [1.54, 1.807) is 0 Å². The molecule has 5 nitrogen and oxygen atoms in total. The van der Waals surface area contributed by atoms with Gasteiger partial charge in [0, 0.05) is 13.0 Å². The van der Waals surface area contributed by atoms with Crippen LogP contribution in [0.5, 0.6) is 0 Å². The number of aliphatic hydroxyl groups excluding tert-OH is 1. The molecule has 17 heavy (non-hydrogen) atoms.